The van der Waals surface area contributed by atoms with E-state index in [-0.39, 0.29) is 0 Å². The molecule has 0 heterocycles. The number of hydrogen-bond donors (Lipinski definition) is 2. The molecular formula is C7H6BF3O2. The van der Waals surface area contributed by atoms with Crippen molar-refractivity contribution in [1.82, 2.24) is 0 Å². The van der Waals surface area contributed by atoms with Crippen LogP contribution in [0.4, 0.5) is 13.2 Å². The predicted molar refractivity (Wildman–Crippen MR) is 42.0 cm³/mol. The van der Waals surface area contributed by atoms with E-state index in [1.54, 1.807) is 0 Å². The van der Waals surface area contributed by atoms with Gasteiger partial charge in [-0.05, 0) is 23.3 Å². The van der Waals surface area contributed by atoms with Crippen LogP contribution >= 0.6 is 0 Å². The van der Waals surface area contributed by atoms with Crippen molar-refractivity contribution in [2.45, 2.75) is 6.18 Å². The topological polar surface area (TPSA) is 40.5 Å². The Balaban J connectivity index is 0.000000251. The van der Waals surface area contributed by atoms with Gasteiger partial charge in [-0.3, -0.25) is 0 Å². The maximum Gasteiger partial charge on any atom is 0.432 e. The fraction of sp³-hybridized carbons (Fsp3) is 0.143. The summed E-state index contributed by atoms with van der Waals surface area (Å²) in [5.41, 5.74) is 0.599. The first kappa shape index (κ1) is 10.1. The Morgan fingerprint density at radius 3 is 1.85 bits per heavy atom. The van der Waals surface area contributed by atoms with Crippen LogP contribution in [0.3, 0.4) is 0 Å². The zero-order chi connectivity index (χ0) is 10.1. The average Bonchev–Trinajstić information content (AvgIpc) is 2.61. The maximum absolute atomic E-state index is 11.9. The maximum atomic E-state index is 11.9. The molecule has 13 heavy (non-hydrogen) atoms. The molecule has 2 nitrogen and oxygen atoms in total. The van der Waals surface area contributed by atoms with Crippen LogP contribution in [0.1, 0.15) is 5.56 Å². The average molecular weight is 190 g/mol. The van der Waals surface area contributed by atoms with E-state index >= 15 is 0 Å². The van der Waals surface area contributed by atoms with E-state index in [0.29, 0.717) is 5.56 Å². The van der Waals surface area contributed by atoms with Gasteiger partial charge in [0.1, 0.15) is 0 Å². The first-order valence-electron chi connectivity index (χ1n) is 3.44. The van der Waals surface area contributed by atoms with Crippen molar-refractivity contribution in [2.24, 2.45) is 0 Å². The highest BCUT2D eigenvalue weighted by atomic mass is 19.4. The Labute approximate surface area is 72.9 Å². The third-order valence-electron chi connectivity index (χ3n) is 1.55. The molecule has 0 spiro atoms. The molecule has 0 aromatic heterocycles. The van der Waals surface area contributed by atoms with Crippen molar-refractivity contribution in [1.29, 1.82) is 0 Å². The number of halogens is 3. The summed E-state index contributed by atoms with van der Waals surface area (Å²) in [6.07, 6.45) is -4.17. The van der Waals surface area contributed by atoms with E-state index in [0.717, 1.165) is 11.6 Å². The monoisotopic (exact) mass is 190 g/mol. The Morgan fingerprint density at radius 1 is 1.15 bits per heavy atom. The van der Waals surface area contributed by atoms with Crippen molar-refractivity contribution < 1.29 is 23.2 Å². The highest BCUT2D eigenvalue weighted by Gasteiger charge is 2.37. The summed E-state index contributed by atoms with van der Waals surface area (Å²) in [6, 6.07) is 4.13. The Bertz CT molecular complexity index is 311. The van der Waals surface area contributed by atoms with Crippen LogP contribution in [0.2, 0.25) is 0 Å². The molecule has 6 heteroatoms. The second-order valence-electron chi connectivity index (χ2n) is 2.40. The number of alkyl halides is 3. The van der Waals surface area contributed by atoms with Gasteiger partial charge in [-0.15, -0.1) is 0 Å². The highest BCUT2D eigenvalue weighted by molar-refractivity contribution is 6.13. The molecule has 0 aromatic carbocycles. The van der Waals surface area contributed by atoms with Crippen molar-refractivity contribution in [3.8, 4) is 11.1 Å². The molecule has 0 unspecified atom stereocenters. The number of rotatable bonds is 0. The molecule has 0 fully saturated rings. The first-order valence-corrected chi connectivity index (χ1v) is 3.44. The summed E-state index contributed by atoms with van der Waals surface area (Å²) in [7, 11) is -0.750. The lowest BCUT2D eigenvalue weighted by atomic mass is 10.3. The lowest BCUT2D eigenvalue weighted by Gasteiger charge is -2.01. The fourth-order valence-electron chi connectivity index (χ4n) is 1.00. The molecule has 0 bridgehead atoms. The van der Waals surface area contributed by atoms with Gasteiger partial charge >= 0.3 is 13.9 Å². The molecule has 0 saturated heterocycles. The summed E-state index contributed by atoms with van der Waals surface area (Å²) in [6.45, 7) is 0. The van der Waals surface area contributed by atoms with Crippen molar-refractivity contribution in [3.05, 3.63) is 23.8 Å². The summed E-state index contributed by atoms with van der Waals surface area (Å²) < 4.78 is 35.7. The molecule has 2 aliphatic carbocycles. The van der Waals surface area contributed by atoms with Gasteiger partial charge in [0.2, 0.25) is 0 Å². The molecule has 2 N–H and O–H groups in total. The highest BCUT2D eigenvalue weighted by Crippen LogP contribution is 2.45. The van der Waals surface area contributed by atoms with Gasteiger partial charge in [0, 0.05) is 0 Å². The molecule has 2 aliphatic rings. The molecule has 0 aliphatic heterocycles. The third-order valence-corrected chi connectivity index (χ3v) is 1.55. The fourth-order valence-corrected chi connectivity index (χ4v) is 1.00. The third kappa shape index (κ3) is 2.23. The van der Waals surface area contributed by atoms with Gasteiger partial charge in [0.05, 0.1) is 5.56 Å². The lowest BCUT2D eigenvalue weighted by molar-refractivity contribution is -0.136. The van der Waals surface area contributed by atoms with E-state index < -0.39 is 19.4 Å². The quantitative estimate of drug-likeness (QED) is 0.606. The van der Waals surface area contributed by atoms with Gasteiger partial charge in [-0.25, -0.2) is 0 Å². The molecule has 2 rings (SSSR count). The minimum absolute atomic E-state index is 0.368. The van der Waals surface area contributed by atoms with E-state index in [2.05, 4.69) is 0 Å². The second kappa shape index (κ2) is 3.39. The van der Waals surface area contributed by atoms with E-state index in [1.807, 2.05) is 0 Å². The van der Waals surface area contributed by atoms with Crippen LogP contribution in [0, 0.1) is 0 Å². The molecule has 0 atom stereocenters. The smallest absolute Gasteiger partial charge is 0.430 e. The SMILES string of the molecule is FC(F)(F)c1ccc2cc1-2.OBO. The standard InChI is InChI=1S/C7H3F3.BH3O2/c8-7(9,10)6-2-1-4-3-5(4)6;2-1-3/h1-3H;1-3H. The van der Waals surface area contributed by atoms with E-state index in [4.69, 9.17) is 10.0 Å². The minimum atomic E-state index is -4.17. The second-order valence-corrected chi connectivity index (χ2v) is 2.40. The van der Waals surface area contributed by atoms with E-state index in [1.165, 1.54) is 12.1 Å². The Kier molecular flexibility index (Phi) is 2.63. The zero-order valence-corrected chi connectivity index (χ0v) is 6.47. The van der Waals surface area contributed by atoms with Gasteiger partial charge in [0.25, 0.3) is 0 Å². The molecule has 0 aromatic rings. The van der Waals surface area contributed by atoms with Crippen molar-refractivity contribution >= 4 is 7.69 Å². The van der Waals surface area contributed by atoms with Crippen LogP contribution in [0.5, 0.6) is 0 Å². The first-order chi connectivity index (χ1) is 6.00. The summed E-state index contributed by atoms with van der Waals surface area (Å²) in [5, 5.41) is 14.2. The van der Waals surface area contributed by atoms with Crippen LogP contribution in [0.25, 0.3) is 11.1 Å². The molecule has 0 amide bonds. The van der Waals surface area contributed by atoms with Gasteiger partial charge in [0.15, 0.2) is 0 Å². The van der Waals surface area contributed by atoms with Crippen LogP contribution < -0.4 is 0 Å². The number of fused-ring (bicyclic) bond motifs is 1. The number of benzene rings is 1. The van der Waals surface area contributed by atoms with Crippen LogP contribution in [-0.2, 0) is 6.18 Å². The van der Waals surface area contributed by atoms with Crippen LogP contribution in [0.15, 0.2) is 18.2 Å². The van der Waals surface area contributed by atoms with Gasteiger partial charge < -0.3 is 10.0 Å². The zero-order valence-electron chi connectivity index (χ0n) is 6.47. The minimum Gasteiger partial charge on any atom is -0.430 e. The summed E-state index contributed by atoms with van der Waals surface area (Å²) in [4.78, 5) is 0. The summed E-state index contributed by atoms with van der Waals surface area (Å²) in [5.74, 6) is 0. The van der Waals surface area contributed by atoms with Gasteiger partial charge in [-0.2, -0.15) is 13.2 Å². The normalized spacial score (nSPS) is 11.5. The van der Waals surface area contributed by atoms with Crippen LogP contribution in [-0.4, -0.2) is 17.7 Å². The molecule has 0 radical (unpaired) electrons. The number of hydrogen-bond acceptors (Lipinski definition) is 2. The van der Waals surface area contributed by atoms with E-state index in [9.17, 15) is 13.2 Å². The molecule has 0 saturated carbocycles. The molecular weight excluding hydrogens is 184 g/mol. The Hall–Kier alpha value is -1.01. The predicted octanol–water partition coefficient (Wildman–Crippen LogP) is 0.923. The lowest BCUT2D eigenvalue weighted by Crippen LogP contribution is -2.02. The van der Waals surface area contributed by atoms with Crippen molar-refractivity contribution in [3.63, 3.8) is 0 Å². The Morgan fingerprint density at radius 2 is 1.69 bits per heavy atom. The molecule has 70 valence electrons. The van der Waals surface area contributed by atoms with Gasteiger partial charge in [-0.1, -0.05) is 6.07 Å². The largest absolute Gasteiger partial charge is 0.432 e. The summed E-state index contributed by atoms with van der Waals surface area (Å²) >= 11 is 0. The van der Waals surface area contributed by atoms with Crippen molar-refractivity contribution in [2.75, 3.05) is 0 Å².